The molecule has 1 aliphatic carbocycles. The Bertz CT molecular complexity index is 1310. The molecule has 4 N–H and O–H groups in total. The van der Waals surface area contributed by atoms with Gasteiger partial charge in [-0.3, -0.25) is 19.2 Å². The Balaban J connectivity index is 2.36. The van der Waals surface area contributed by atoms with E-state index >= 15 is 0 Å². The van der Waals surface area contributed by atoms with Crippen LogP contribution in [-0.2, 0) is 29.2 Å². The summed E-state index contributed by atoms with van der Waals surface area (Å²) in [7, 11) is -2.11. The van der Waals surface area contributed by atoms with Crippen molar-refractivity contribution in [3.63, 3.8) is 0 Å². The van der Waals surface area contributed by atoms with Crippen molar-refractivity contribution in [3.05, 3.63) is 12.7 Å². The first-order chi connectivity index (χ1) is 22.0. The number of urea groups is 1. The van der Waals surface area contributed by atoms with Gasteiger partial charge < -0.3 is 26.2 Å². The normalized spacial score (nSPS) is 21.7. The summed E-state index contributed by atoms with van der Waals surface area (Å²) in [4.78, 5) is 68.0. The van der Waals surface area contributed by atoms with Crippen molar-refractivity contribution in [2.75, 3.05) is 32.4 Å². The number of amides is 5. The third-order valence-corrected chi connectivity index (χ3v) is 11.0. The van der Waals surface area contributed by atoms with Gasteiger partial charge in [-0.1, -0.05) is 54.0 Å². The third-order valence-electron chi connectivity index (χ3n) is 9.14. The van der Waals surface area contributed by atoms with Crippen molar-refractivity contribution in [3.8, 4) is 0 Å². The van der Waals surface area contributed by atoms with Gasteiger partial charge in [0.1, 0.15) is 18.1 Å². The van der Waals surface area contributed by atoms with Crippen molar-refractivity contribution < 1.29 is 41.2 Å². The molecule has 0 aromatic rings. The quantitative estimate of drug-likeness (QED) is 0.149. The van der Waals surface area contributed by atoms with Crippen LogP contribution in [0.15, 0.2) is 12.7 Å². The highest BCUT2D eigenvalue weighted by Crippen LogP contribution is 2.43. The zero-order valence-electron chi connectivity index (χ0n) is 29.4. The van der Waals surface area contributed by atoms with E-state index in [1.165, 1.54) is 29.3 Å². The van der Waals surface area contributed by atoms with E-state index in [1.54, 1.807) is 20.8 Å². The Hall–Kier alpha value is -3.14. The molecule has 0 bridgehead atoms. The second-order valence-electron chi connectivity index (χ2n) is 14.9. The van der Waals surface area contributed by atoms with Crippen LogP contribution < -0.4 is 21.3 Å². The fourth-order valence-electron chi connectivity index (χ4n) is 6.22. The molecule has 6 atom stereocenters. The number of alkyl halides is 2. The van der Waals surface area contributed by atoms with Crippen LogP contribution in [0.4, 0.5) is 13.6 Å². The number of hydrogen-bond acceptors (Lipinski definition) is 7. The topological polar surface area (TPSA) is 174 Å². The van der Waals surface area contributed by atoms with Gasteiger partial charge in [-0.05, 0) is 42.4 Å². The maximum Gasteiger partial charge on any atom is 0.315 e. The maximum absolute atomic E-state index is 14.3. The first-order valence-corrected chi connectivity index (χ1v) is 18.0. The zero-order valence-corrected chi connectivity index (χ0v) is 30.2. The predicted molar refractivity (Wildman–Crippen MR) is 177 cm³/mol. The Morgan fingerprint density at radius 1 is 1.00 bits per heavy atom. The number of likely N-dealkylation sites (tertiary alicyclic amines) is 1. The number of hydrogen-bond donors (Lipinski definition) is 4. The van der Waals surface area contributed by atoms with Crippen molar-refractivity contribution in [1.29, 1.82) is 0 Å². The second-order valence-corrected chi connectivity index (χ2v) is 17.2. The Labute approximate surface area is 283 Å². The minimum atomic E-state index is -3.54. The van der Waals surface area contributed by atoms with Gasteiger partial charge in [0.05, 0.1) is 5.75 Å². The van der Waals surface area contributed by atoms with E-state index in [9.17, 15) is 41.2 Å². The number of ketones is 1. The molecule has 1 saturated carbocycles. The van der Waals surface area contributed by atoms with Crippen molar-refractivity contribution in [2.24, 2.45) is 22.7 Å². The van der Waals surface area contributed by atoms with Gasteiger partial charge in [-0.2, -0.15) is 0 Å². The van der Waals surface area contributed by atoms with Crippen LogP contribution in [-0.4, -0.2) is 110 Å². The predicted octanol–water partition coefficient (Wildman–Crippen LogP) is 2.03. The standard InChI is InChI=1S/C32H54F2N6O7S/c1-10-15-35-28(43)25(41)21(16-23(33)34)36-27(42)24-20-14-12-13-19(20)17-40(24)29(44)26(32(6,7)8)38-30(45)37-22(31(3,4)5)18-39(9)48(46,47)11-2/h10,19-24,26H,1,11-18H2,2-9H3,(H,35,43)(H,36,42)(H2,37,38,45)/t19-,20-,21-,22+,24-,26+/m0/s1. The van der Waals surface area contributed by atoms with Crippen molar-refractivity contribution >= 4 is 39.6 Å². The van der Waals surface area contributed by atoms with Crippen molar-refractivity contribution in [1.82, 2.24) is 30.5 Å². The van der Waals surface area contributed by atoms with Gasteiger partial charge >= 0.3 is 6.03 Å². The molecule has 0 aromatic carbocycles. The molecule has 13 nitrogen and oxygen atoms in total. The number of carbonyl (C=O) groups excluding carboxylic acids is 5. The lowest BCUT2D eigenvalue weighted by atomic mass is 9.85. The SMILES string of the molecule is C=CCNC(=O)C(=O)[C@H](CC(F)F)NC(=O)[C@@H]1[C@H]2CCC[C@H]2CN1C(=O)[C@@H](NC(=O)N[C@H](CN(C)S(=O)(=O)CC)C(C)(C)C)C(C)(C)C. The minimum Gasteiger partial charge on any atom is -0.346 e. The molecule has 274 valence electrons. The Morgan fingerprint density at radius 2 is 1.62 bits per heavy atom. The van der Waals surface area contributed by atoms with Crippen LogP contribution in [0, 0.1) is 22.7 Å². The summed E-state index contributed by atoms with van der Waals surface area (Å²) in [6.07, 6.45) is -0.654. The fraction of sp³-hybridized carbons (Fsp3) is 0.781. The average Bonchev–Trinajstić information content (AvgIpc) is 3.57. The van der Waals surface area contributed by atoms with Gasteiger partial charge in [-0.25, -0.2) is 26.3 Å². The molecule has 2 aliphatic rings. The van der Waals surface area contributed by atoms with E-state index in [-0.39, 0.29) is 37.2 Å². The maximum atomic E-state index is 14.3. The molecular weight excluding hydrogens is 650 g/mol. The molecule has 48 heavy (non-hydrogen) atoms. The number of nitrogens with one attached hydrogen (secondary N) is 4. The number of nitrogens with zero attached hydrogens (tertiary/aromatic N) is 2. The highest BCUT2D eigenvalue weighted by Gasteiger charge is 2.52. The molecule has 0 unspecified atom stereocenters. The molecule has 5 amide bonds. The van der Waals surface area contributed by atoms with Gasteiger partial charge in [0.15, 0.2) is 0 Å². The monoisotopic (exact) mass is 704 g/mol. The van der Waals surface area contributed by atoms with Crippen LogP contribution in [0.5, 0.6) is 0 Å². The van der Waals surface area contributed by atoms with Crippen LogP contribution in [0.2, 0.25) is 0 Å². The molecule has 2 fully saturated rings. The van der Waals surface area contributed by atoms with Crippen LogP contribution in [0.25, 0.3) is 0 Å². The van der Waals surface area contributed by atoms with Gasteiger partial charge in [0.25, 0.3) is 5.91 Å². The van der Waals surface area contributed by atoms with Crippen molar-refractivity contribution in [2.45, 2.75) is 105 Å². The van der Waals surface area contributed by atoms with E-state index in [0.717, 1.165) is 12.8 Å². The minimum absolute atomic E-state index is 0.0108. The molecule has 0 aromatic heterocycles. The molecule has 0 radical (unpaired) electrons. The Kier molecular flexibility index (Phi) is 14.1. The number of fused-ring (bicyclic) bond motifs is 1. The molecular formula is C32H54F2N6O7S. The zero-order chi connectivity index (χ0) is 36.8. The molecule has 2 rings (SSSR count). The molecule has 1 saturated heterocycles. The number of sulfonamides is 1. The molecule has 0 spiro atoms. The number of likely N-dealkylation sites (N-methyl/N-ethyl adjacent to an activating group) is 1. The van der Waals surface area contributed by atoms with Crippen LogP contribution in [0.1, 0.15) is 74.1 Å². The highest BCUT2D eigenvalue weighted by atomic mass is 32.2. The van der Waals surface area contributed by atoms with E-state index in [1.807, 2.05) is 20.8 Å². The summed E-state index contributed by atoms with van der Waals surface area (Å²) in [6, 6.07) is -5.42. The lowest BCUT2D eigenvalue weighted by molar-refractivity contribution is -0.145. The summed E-state index contributed by atoms with van der Waals surface area (Å²) in [5.74, 6) is -4.24. The summed E-state index contributed by atoms with van der Waals surface area (Å²) in [5, 5.41) is 10.2. The third kappa shape index (κ3) is 10.7. The summed E-state index contributed by atoms with van der Waals surface area (Å²) >= 11 is 0. The van der Waals surface area contributed by atoms with Crippen LogP contribution in [0.3, 0.4) is 0 Å². The van der Waals surface area contributed by atoms with Crippen LogP contribution >= 0.6 is 0 Å². The number of carbonyl (C=O) groups is 5. The lowest BCUT2D eigenvalue weighted by Crippen LogP contribution is -2.62. The molecule has 16 heteroatoms. The molecule has 1 heterocycles. The van der Waals surface area contributed by atoms with E-state index < -0.39 is 87.4 Å². The van der Waals surface area contributed by atoms with E-state index in [2.05, 4.69) is 27.8 Å². The summed E-state index contributed by atoms with van der Waals surface area (Å²) in [5.41, 5.74) is -1.43. The van der Waals surface area contributed by atoms with E-state index in [4.69, 9.17) is 0 Å². The fourth-order valence-corrected chi connectivity index (χ4v) is 7.03. The van der Waals surface area contributed by atoms with Gasteiger partial charge in [-0.15, -0.1) is 6.58 Å². The number of halogens is 2. The second kappa shape index (κ2) is 16.5. The van der Waals surface area contributed by atoms with Gasteiger partial charge in [0.2, 0.25) is 34.0 Å². The first kappa shape index (κ1) is 41.0. The molecule has 1 aliphatic heterocycles. The lowest BCUT2D eigenvalue weighted by Gasteiger charge is -2.38. The summed E-state index contributed by atoms with van der Waals surface area (Å²) in [6.45, 7) is 15.8. The largest absolute Gasteiger partial charge is 0.346 e. The number of rotatable bonds is 15. The summed E-state index contributed by atoms with van der Waals surface area (Å²) < 4.78 is 53.0. The first-order valence-electron chi connectivity index (χ1n) is 16.4. The number of Topliss-reactive ketones (excluding diaryl/α,β-unsaturated/α-hetero) is 1. The smallest absolute Gasteiger partial charge is 0.315 e. The Morgan fingerprint density at radius 3 is 2.15 bits per heavy atom. The van der Waals surface area contributed by atoms with E-state index in [0.29, 0.717) is 6.42 Å². The van der Waals surface area contributed by atoms with Gasteiger partial charge in [0, 0.05) is 39.1 Å². The highest BCUT2D eigenvalue weighted by molar-refractivity contribution is 7.89. The average molecular weight is 705 g/mol.